The highest BCUT2D eigenvalue weighted by molar-refractivity contribution is 6.32. The van der Waals surface area contributed by atoms with Crippen LogP contribution in [0.15, 0.2) is 42.6 Å². The second-order valence-corrected chi connectivity index (χ2v) is 6.56. The SMILES string of the molecule is Cc1ccc([C@]2(C)NC(=O)N(CC(=O)Nc3cccnc3Cl)C2=O)cc1. The van der Waals surface area contributed by atoms with Crippen LogP contribution in [0.4, 0.5) is 10.5 Å². The number of aryl methyl sites for hydroxylation is 1. The molecule has 8 heteroatoms. The first-order valence-electron chi connectivity index (χ1n) is 7.93. The Hall–Kier alpha value is -2.93. The number of hydrogen-bond donors (Lipinski definition) is 2. The van der Waals surface area contributed by atoms with Crippen LogP contribution in [0.2, 0.25) is 5.15 Å². The average Bonchev–Trinajstić information content (AvgIpc) is 2.82. The third-order valence-electron chi connectivity index (χ3n) is 4.24. The Morgan fingerprint density at radius 1 is 1.27 bits per heavy atom. The fraction of sp³-hybridized carbons (Fsp3) is 0.222. The zero-order valence-electron chi connectivity index (χ0n) is 14.2. The van der Waals surface area contributed by atoms with Gasteiger partial charge in [-0.25, -0.2) is 9.78 Å². The molecule has 0 saturated carbocycles. The molecule has 2 N–H and O–H groups in total. The molecule has 1 fully saturated rings. The third-order valence-corrected chi connectivity index (χ3v) is 4.54. The maximum Gasteiger partial charge on any atom is 0.325 e. The molecular formula is C18H17ClN4O3. The summed E-state index contributed by atoms with van der Waals surface area (Å²) < 4.78 is 0. The monoisotopic (exact) mass is 372 g/mol. The number of nitrogens with zero attached hydrogens (tertiary/aromatic N) is 2. The van der Waals surface area contributed by atoms with Crippen molar-refractivity contribution < 1.29 is 14.4 Å². The Kier molecular flexibility index (Phi) is 4.65. The summed E-state index contributed by atoms with van der Waals surface area (Å²) in [5.74, 6) is -1.03. The van der Waals surface area contributed by atoms with Crippen LogP contribution < -0.4 is 10.6 Å². The van der Waals surface area contributed by atoms with E-state index in [4.69, 9.17) is 11.6 Å². The van der Waals surface area contributed by atoms with Crippen LogP contribution in [-0.4, -0.2) is 34.3 Å². The van der Waals surface area contributed by atoms with Gasteiger partial charge in [-0.2, -0.15) is 0 Å². The predicted molar refractivity (Wildman–Crippen MR) is 96.7 cm³/mol. The fourth-order valence-corrected chi connectivity index (χ4v) is 2.90. The van der Waals surface area contributed by atoms with Crippen molar-refractivity contribution >= 4 is 35.1 Å². The quantitative estimate of drug-likeness (QED) is 0.637. The number of amides is 4. The van der Waals surface area contributed by atoms with E-state index in [1.807, 2.05) is 19.1 Å². The highest BCUT2D eigenvalue weighted by atomic mass is 35.5. The predicted octanol–water partition coefficient (Wildman–Crippen LogP) is 2.45. The molecule has 0 aliphatic carbocycles. The van der Waals surface area contributed by atoms with Gasteiger partial charge in [0.1, 0.15) is 12.1 Å². The standard InChI is InChI=1S/C18H17ClN4O3/c1-11-5-7-12(8-6-11)18(2)16(25)23(17(26)22-18)10-14(24)21-13-4-3-9-20-15(13)19/h3-9H,10H2,1-2H3,(H,21,24)(H,22,26)/t18-/m0/s1. The summed E-state index contributed by atoms with van der Waals surface area (Å²) >= 11 is 5.89. The Morgan fingerprint density at radius 2 is 1.96 bits per heavy atom. The molecule has 1 aromatic heterocycles. The number of halogens is 1. The van der Waals surface area contributed by atoms with E-state index in [9.17, 15) is 14.4 Å². The minimum Gasteiger partial charge on any atom is -0.322 e. The van der Waals surface area contributed by atoms with Crippen LogP contribution in [0.25, 0.3) is 0 Å². The molecule has 7 nitrogen and oxygen atoms in total. The van der Waals surface area contributed by atoms with Gasteiger partial charge in [0.25, 0.3) is 5.91 Å². The van der Waals surface area contributed by atoms with Crippen molar-refractivity contribution in [3.05, 3.63) is 58.9 Å². The van der Waals surface area contributed by atoms with E-state index in [1.165, 1.54) is 6.20 Å². The second kappa shape index (κ2) is 6.76. The van der Waals surface area contributed by atoms with Gasteiger partial charge in [0.05, 0.1) is 5.69 Å². The second-order valence-electron chi connectivity index (χ2n) is 6.20. The lowest BCUT2D eigenvalue weighted by Gasteiger charge is -2.22. The van der Waals surface area contributed by atoms with Crippen LogP contribution in [0.5, 0.6) is 0 Å². The van der Waals surface area contributed by atoms with E-state index >= 15 is 0 Å². The van der Waals surface area contributed by atoms with Gasteiger partial charge < -0.3 is 10.6 Å². The first-order valence-corrected chi connectivity index (χ1v) is 8.30. The molecule has 134 valence electrons. The van der Waals surface area contributed by atoms with Gasteiger partial charge in [0, 0.05) is 6.20 Å². The lowest BCUT2D eigenvalue weighted by molar-refractivity contribution is -0.133. The minimum absolute atomic E-state index is 0.127. The lowest BCUT2D eigenvalue weighted by atomic mass is 9.91. The Balaban J connectivity index is 1.76. The van der Waals surface area contributed by atoms with Gasteiger partial charge in [0.2, 0.25) is 5.91 Å². The Labute approximate surface area is 155 Å². The molecule has 0 radical (unpaired) electrons. The molecule has 1 aliphatic rings. The van der Waals surface area contributed by atoms with E-state index in [0.29, 0.717) is 11.3 Å². The summed E-state index contributed by atoms with van der Waals surface area (Å²) in [5.41, 5.74) is 0.794. The summed E-state index contributed by atoms with van der Waals surface area (Å²) in [6, 6.07) is 9.86. The van der Waals surface area contributed by atoms with E-state index in [2.05, 4.69) is 15.6 Å². The zero-order valence-corrected chi connectivity index (χ0v) is 15.0. The Morgan fingerprint density at radius 3 is 2.62 bits per heavy atom. The van der Waals surface area contributed by atoms with E-state index < -0.39 is 29.9 Å². The van der Waals surface area contributed by atoms with E-state index in [1.54, 1.807) is 31.2 Å². The number of carbonyl (C=O) groups excluding carboxylic acids is 3. The van der Waals surface area contributed by atoms with Crippen LogP contribution >= 0.6 is 11.6 Å². The first-order chi connectivity index (χ1) is 12.3. The molecule has 2 heterocycles. The van der Waals surface area contributed by atoms with Gasteiger partial charge in [-0.1, -0.05) is 41.4 Å². The molecular weight excluding hydrogens is 356 g/mol. The molecule has 1 atom stereocenters. The maximum atomic E-state index is 12.8. The van der Waals surface area contributed by atoms with Crippen LogP contribution in [0.3, 0.4) is 0 Å². The number of benzene rings is 1. The number of carbonyl (C=O) groups is 3. The van der Waals surface area contributed by atoms with Crippen molar-refractivity contribution in [2.24, 2.45) is 0 Å². The third kappa shape index (κ3) is 3.25. The van der Waals surface area contributed by atoms with Crippen LogP contribution in [0, 0.1) is 6.92 Å². The molecule has 3 rings (SSSR count). The van der Waals surface area contributed by atoms with E-state index in [0.717, 1.165) is 10.5 Å². The summed E-state index contributed by atoms with van der Waals surface area (Å²) in [7, 11) is 0. The van der Waals surface area contributed by atoms with Crippen LogP contribution in [0.1, 0.15) is 18.1 Å². The smallest absolute Gasteiger partial charge is 0.322 e. The minimum atomic E-state index is -1.21. The molecule has 1 saturated heterocycles. The number of hydrogen-bond acceptors (Lipinski definition) is 4. The van der Waals surface area contributed by atoms with Crippen molar-refractivity contribution in [3.63, 3.8) is 0 Å². The molecule has 2 aromatic rings. The van der Waals surface area contributed by atoms with Gasteiger partial charge in [0.15, 0.2) is 5.15 Å². The molecule has 1 aromatic carbocycles. The molecule has 1 aliphatic heterocycles. The van der Waals surface area contributed by atoms with Gasteiger partial charge >= 0.3 is 6.03 Å². The molecule has 0 unspecified atom stereocenters. The van der Waals surface area contributed by atoms with Crippen LogP contribution in [-0.2, 0) is 15.1 Å². The number of urea groups is 1. The zero-order chi connectivity index (χ0) is 18.9. The normalized spacial score (nSPS) is 19.4. The van der Waals surface area contributed by atoms with Crippen molar-refractivity contribution in [2.45, 2.75) is 19.4 Å². The summed E-state index contributed by atoms with van der Waals surface area (Å²) in [6.45, 7) is 3.13. The fourth-order valence-electron chi connectivity index (χ4n) is 2.74. The topological polar surface area (TPSA) is 91.4 Å². The number of imide groups is 1. The van der Waals surface area contributed by atoms with Crippen molar-refractivity contribution in [3.8, 4) is 0 Å². The molecule has 4 amide bonds. The lowest BCUT2D eigenvalue weighted by Crippen LogP contribution is -2.42. The summed E-state index contributed by atoms with van der Waals surface area (Å²) in [6.07, 6.45) is 1.49. The van der Waals surface area contributed by atoms with Gasteiger partial charge in [-0.3, -0.25) is 14.5 Å². The number of pyridine rings is 1. The van der Waals surface area contributed by atoms with Crippen molar-refractivity contribution in [1.29, 1.82) is 0 Å². The molecule has 26 heavy (non-hydrogen) atoms. The number of aromatic nitrogens is 1. The number of nitrogens with one attached hydrogen (secondary N) is 2. The van der Waals surface area contributed by atoms with Crippen molar-refractivity contribution in [2.75, 3.05) is 11.9 Å². The highest BCUT2D eigenvalue weighted by Crippen LogP contribution is 2.29. The first kappa shape index (κ1) is 17.9. The highest BCUT2D eigenvalue weighted by Gasteiger charge is 2.49. The maximum absolute atomic E-state index is 12.8. The summed E-state index contributed by atoms with van der Waals surface area (Å²) in [5, 5.41) is 5.34. The largest absolute Gasteiger partial charge is 0.325 e. The molecule has 0 bridgehead atoms. The summed E-state index contributed by atoms with van der Waals surface area (Å²) in [4.78, 5) is 42.0. The number of anilines is 1. The molecule has 0 spiro atoms. The Bertz CT molecular complexity index is 884. The van der Waals surface area contributed by atoms with Gasteiger partial charge in [-0.15, -0.1) is 0 Å². The van der Waals surface area contributed by atoms with Crippen molar-refractivity contribution in [1.82, 2.24) is 15.2 Å². The van der Waals surface area contributed by atoms with E-state index in [-0.39, 0.29) is 5.15 Å². The average molecular weight is 373 g/mol. The van der Waals surface area contributed by atoms with Gasteiger partial charge in [-0.05, 0) is 31.5 Å². The number of rotatable bonds is 4.